The summed E-state index contributed by atoms with van der Waals surface area (Å²) in [5.41, 5.74) is -1.12. The van der Waals surface area contributed by atoms with Crippen LogP contribution in [0.25, 0.3) is 0 Å². The van der Waals surface area contributed by atoms with Gasteiger partial charge < -0.3 is 0 Å². The molecule has 0 aromatic heterocycles. The minimum atomic E-state index is -1.83. The fourth-order valence-electron chi connectivity index (χ4n) is 1.43. The van der Waals surface area contributed by atoms with Gasteiger partial charge in [0.25, 0.3) is 0 Å². The summed E-state index contributed by atoms with van der Waals surface area (Å²) in [6, 6.07) is 0. The van der Waals surface area contributed by atoms with Gasteiger partial charge in [0.2, 0.25) is 3.42 Å². The Labute approximate surface area is 260 Å². The van der Waals surface area contributed by atoms with Crippen molar-refractivity contribution in [2.75, 3.05) is 0 Å². The highest BCUT2D eigenvalue weighted by Crippen LogP contribution is 2.82. The highest BCUT2D eigenvalue weighted by Gasteiger charge is 2.81. The van der Waals surface area contributed by atoms with E-state index >= 15 is 0 Å². The van der Waals surface area contributed by atoms with E-state index in [-0.39, 0.29) is 0 Å². The van der Waals surface area contributed by atoms with Gasteiger partial charge >= 0.3 is 0 Å². The highest BCUT2D eigenvalue weighted by atomic mass is 80.0. The van der Waals surface area contributed by atoms with Gasteiger partial charge in [0.15, 0.2) is 3.23 Å². The lowest BCUT2D eigenvalue weighted by molar-refractivity contribution is 0.124. The zero-order valence-electron chi connectivity index (χ0n) is 9.58. The number of rotatable bonds is 3. The lowest BCUT2D eigenvalue weighted by Crippen LogP contribution is -2.70. The zero-order valence-corrected chi connectivity index (χ0v) is 33.4. The summed E-state index contributed by atoms with van der Waals surface area (Å²) < 4.78 is -7.37. The average Bonchev–Trinajstić information content (AvgIpc) is 2.06. The normalized spacial score (nSPS) is 16.7. The first kappa shape index (κ1) is 30.2. The van der Waals surface area contributed by atoms with Crippen LogP contribution in [0.5, 0.6) is 0 Å². The second-order valence-electron chi connectivity index (χ2n) is 3.91. The molecule has 0 unspecified atom stereocenters. The van der Waals surface area contributed by atoms with Crippen molar-refractivity contribution in [3.63, 3.8) is 0 Å². The molecule has 0 N–H and O–H groups in total. The Balaban J connectivity index is 7.12. The van der Waals surface area contributed by atoms with Gasteiger partial charge in [-0.2, -0.15) is 0 Å². The van der Waals surface area contributed by atoms with E-state index in [4.69, 9.17) is 0 Å². The third-order valence-corrected chi connectivity index (χ3v) is 18.0. The number of halogens is 15. The molecule has 0 saturated heterocycles. The third kappa shape index (κ3) is 5.75. The van der Waals surface area contributed by atoms with Crippen molar-refractivity contribution < 1.29 is 5.11 Å². The Hall–Kier alpha value is 7.16. The van der Waals surface area contributed by atoms with Gasteiger partial charge in [-0.15, -0.1) is 0 Å². The molecule has 0 atom stereocenters. The van der Waals surface area contributed by atoms with Crippen LogP contribution in [0, 0.1) is 5.41 Å². The molecule has 139 valence electrons. The fourth-order valence-corrected chi connectivity index (χ4v) is 26.0. The molecule has 0 spiro atoms. The van der Waals surface area contributed by atoms with E-state index in [2.05, 4.69) is 239 Å². The molecule has 0 aliphatic carbocycles. The van der Waals surface area contributed by atoms with Gasteiger partial charge in [-0.3, -0.25) is 0 Å². The van der Waals surface area contributed by atoms with Gasteiger partial charge in [0.05, 0.1) is 0 Å². The summed E-state index contributed by atoms with van der Waals surface area (Å²) in [6.07, 6.45) is 0. The largest absolute Gasteiger partial charge is 0.238 e. The Bertz CT molecular complexity index is 395. The van der Waals surface area contributed by atoms with Gasteiger partial charge in [-0.25, -0.2) is 5.11 Å². The van der Waals surface area contributed by atoms with Crippen molar-refractivity contribution in [1.29, 1.82) is 0 Å². The van der Waals surface area contributed by atoms with E-state index in [0.29, 0.717) is 0 Å². The van der Waals surface area contributed by atoms with E-state index in [0.717, 1.165) is 0 Å². The molecule has 1 nitrogen and oxygen atoms in total. The van der Waals surface area contributed by atoms with Gasteiger partial charge in [-0.05, 0) is 31.9 Å². The zero-order chi connectivity index (χ0) is 19.5. The molecule has 0 bridgehead atoms. The molecular weight excluding hydrogens is 1300 g/mol. The van der Waals surface area contributed by atoms with Crippen molar-refractivity contribution in [1.82, 2.24) is 0 Å². The van der Waals surface area contributed by atoms with Crippen LogP contribution in [-0.4, -0.2) is 16.3 Å². The molecule has 0 aliphatic heterocycles. The monoisotopic (exact) mass is 1280 g/mol. The second-order valence-corrected chi connectivity index (χ2v) is 34.4. The third-order valence-electron chi connectivity index (χ3n) is 2.51. The Morgan fingerprint density at radius 1 is 0.391 bits per heavy atom. The molecule has 0 fully saturated rings. The van der Waals surface area contributed by atoms with Crippen molar-refractivity contribution in [3.05, 3.63) is 0 Å². The Kier molecular flexibility index (Phi) is 12.5. The molecule has 0 aromatic rings. The summed E-state index contributed by atoms with van der Waals surface area (Å²) in [6.45, 7) is 0. The number of hydrogen-bond acceptors (Lipinski definition) is 0. The Morgan fingerprint density at radius 3 is 0.739 bits per heavy atom. The molecule has 0 aromatic carbocycles. The fraction of sp³-hybridized carbons (Fsp3) is 1.00. The van der Waals surface area contributed by atoms with Crippen LogP contribution in [-0.2, 0) is 5.11 Å². The van der Waals surface area contributed by atoms with Gasteiger partial charge in [0.1, 0.15) is 15.1 Å². The lowest BCUT2D eigenvalue weighted by Gasteiger charge is -2.61. The maximum Gasteiger partial charge on any atom is 0.238 e. The maximum absolute atomic E-state index is 12.7. The first-order valence-corrected chi connectivity index (χ1v) is 16.4. The van der Waals surface area contributed by atoms with E-state index in [1.807, 2.05) is 0 Å². The maximum atomic E-state index is 12.7. The van der Waals surface area contributed by atoms with E-state index in [1.54, 1.807) is 0 Å². The van der Waals surface area contributed by atoms with Crippen LogP contribution in [0.4, 0.5) is 0 Å². The molecular formula is C7Br15O. The lowest BCUT2D eigenvalue weighted by atomic mass is 9.89. The predicted molar refractivity (Wildman–Crippen MR) is 153 cm³/mol. The van der Waals surface area contributed by atoms with Crippen LogP contribution in [0.1, 0.15) is 0 Å². The average molecular weight is 1300 g/mol. The first-order chi connectivity index (χ1) is 9.50. The summed E-state index contributed by atoms with van der Waals surface area (Å²) in [5.74, 6) is 0. The molecule has 1 radical (unpaired) electrons. The minimum absolute atomic E-state index is 0.988. The standard InChI is InChI=1S/C7Br15O/c8-2(9,3(10,11)7(21,22)23)1(4(12,13)14,5(15,16)17)6(18,19)20. The minimum Gasteiger partial charge on any atom is -0.202 e. The smallest absolute Gasteiger partial charge is 0.202 e. The van der Waals surface area contributed by atoms with E-state index < -0.39 is 21.7 Å². The van der Waals surface area contributed by atoms with Crippen LogP contribution >= 0.6 is 239 Å². The molecule has 0 rings (SSSR count). The topological polar surface area (TPSA) is 19.9 Å². The summed E-state index contributed by atoms with van der Waals surface area (Å²) >= 11 is 52.7. The highest BCUT2D eigenvalue weighted by molar-refractivity contribution is 9.42. The van der Waals surface area contributed by atoms with Crippen LogP contribution in [0.3, 0.4) is 0 Å². The molecule has 0 heterocycles. The quantitative estimate of drug-likeness (QED) is 0.251. The van der Waals surface area contributed by atoms with Gasteiger partial charge in [-0.1, -0.05) is 207 Å². The molecule has 23 heavy (non-hydrogen) atoms. The van der Waals surface area contributed by atoms with Gasteiger partial charge in [0, 0.05) is 0 Å². The second kappa shape index (κ2) is 9.57. The van der Waals surface area contributed by atoms with Crippen molar-refractivity contribution in [3.8, 4) is 0 Å². The SMILES string of the molecule is [O]C(Br)(Br)C(Br)(Br)C(Br)(Br)C(C(Br)(Br)Br)(C(Br)(Br)Br)C(Br)(Br)Br. The van der Waals surface area contributed by atoms with Crippen molar-refractivity contribution in [2.24, 2.45) is 5.41 Å². The molecule has 0 aliphatic rings. The summed E-state index contributed by atoms with van der Waals surface area (Å²) in [5, 5.41) is 12.7. The number of hydrogen-bond donors (Lipinski definition) is 0. The summed E-state index contributed by atoms with van der Waals surface area (Å²) in [4.78, 5) is 0. The summed E-state index contributed by atoms with van der Waals surface area (Å²) in [7, 11) is 0. The van der Waals surface area contributed by atoms with Crippen LogP contribution in [0.15, 0.2) is 0 Å². The number of alkyl halides is 15. The first-order valence-electron chi connectivity index (χ1n) is 4.54. The van der Waals surface area contributed by atoms with E-state index in [9.17, 15) is 5.11 Å². The van der Waals surface area contributed by atoms with E-state index in [1.165, 1.54) is 0 Å². The predicted octanol–water partition coefficient (Wildman–Crippen LogP) is 11.3. The Morgan fingerprint density at radius 2 is 0.609 bits per heavy atom. The van der Waals surface area contributed by atoms with Crippen LogP contribution < -0.4 is 0 Å². The van der Waals surface area contributed by atoms with Crippen LogP contribution in [0.2, 0.25) is 0 Å². The molecule has 0 saturated carbocycles. The molecule has 16 heteroatoms. The van der Waals surface area contributed by atoms with Crippen molar-refractivity contribution in [2.45, 2.75) is 16.3 Å². The van der Waals surface area contributed by atoms with Crippen molar-refractivity contribution >= 4 is 239 Å². The molecule has 0 amide bonds.